The maximum absolute atomic E-state index is 11.4. The van der Waals surface area contributed by atoms with Crippen LogP contribution in [0, 0.1) is 0 Å². The van der Waals surface area contributed by atoms with Gasteiger partial charge in [-0.05, 0) is 6.42 Å². The fourth-order valence-electron chi connectivity index (χ4n) is 0.958. The molecule has 0 aliphatic rings. The first kappa shape index (κ1) is 11.0. The standard InChI is InChI=1S/C9H11BrN2O2/c10-3-1-4-12-9(14)7-6-11-5-2-8(7)13/h2,5-6H,1,3-4H2,(H,11,13)(H,12,14). The normalized spacial score (nSPS) is 9.79. The molecule has 0 aromatic carbocycles. The number of hydrogen-bond donors (Lipinski definition) is 2. The zero-order valence-electron chi connectivity index (χ0n) is 7.55. The Morgan fingerprint density at radius 1 is 1.57 bits per heavy atom. The van der Waals surface area contributed by atoms with Gasteiger partial charge in [0, 0.05) is 30.3 Å². The van der Waals surface area contributed by atoms with Crippen LogP contribution in [-0.4, -0.2) is 22.8 Å². The Morgan fingerprint density at radius 3 is 3.00 bits per heavy atom. The second-order valence-corrected chi connectivity index (χ2v) is 3.51. The highest BCUT2D eigenvalue weighted by molar-refractivity contribution is 9.09. The fourth-order valence-corrected chi connectivity index (χ4v) is 1.24. The molecular weight excluding hydrogens is 248 g/mol. The van der Waals surface area contributed by atoms with Crippen molar-refractivity contribution in [3.05, 3.63) is 34.2 Å². The fraction of sp³-hybridized carbons (Fsp3) is 0.333. The molecule has 0 radical (unpaired) electrons. The molecule has 76 valence electrons. The van der Waals surface area contributed by atoms with Crippen molar-refractivity contribution in [1.29, 1.82) is 0 Å². The quantitative estimate of drug-likeness (QED) is 0.623. The van der Waals surface area contributed by atoms with Crippen LogP contribution < -0.4 is 10.7 Å². The molecule has 0 saturated heterocycles. The van der Waals surface area contributed by atoms with Gasteiger partial charge in [0.2, 0.25) is 0 Å². The summed E-state index contributed by atoms with van der Waals surface area (Å²) in [5, 5.41) is 3.48. The van der Waals surface area contributed by atoms with Crippen LogP contribution in [0.25, 0.3) is 0 Å². The highest BCUT2D eigenvalue weighted by atomic mass is 79.9. The van der Waals surface area contributed by atoms with Crippen molar-refractivity contribution in [2.24, 2.45) is 0 Å². The van der Waals surface area contributed by atoms with E-state index in [-0.39, 0.29) is 16.9 Å². The molecule has 1 rings (SSSR count). The van der Waals surface area contributed by atoms with E-state index in [0.29, 0.717) is 6.54 Å². The number of H-pyrrole nitrogens is 1. The molecule has 1 heterocycles. The molecule has 1 aromatic heterocycles. The molecule has 0 bridgehead atoms. The van der Waals surface area contributed by atoms with E-state index in [1.54, 1.807) is 0 Å². The van der Waals surface area contributed by atoms with Crippen LogP contribution in [0.5, 0.6) is 0 Å². The van der Waals surface area contributed by atoms with E-state index >= 15 is 0 Å². The van der Waals surface area contributed by atoms with Crippen LogP contribution in [0.3, 0.4) is 0 Å². The van der Waals surface area contributed by atoms with Crippen molar-refractivity contribution >= 4 is 21.8 Å². The number of alkyl halides is 1. The van der Waals surface area contributed by atoms with E-state index in [0.717, 1.165) is 11.8 Å². The second-order valence-electron chi connectivity index (χ2n) is 2.72. The third-order valence-corrected chi connectivity index (χ3v) is 2.23. The minimum absolute atomic E-state index is 0.155. The number of carbonyl (C=O) groups excluding carboxylic acids is 1. The lowest BCUT2D eigenvalue weighted by molar-refractivity contribution is 0.0952. The first-order chi connectivity index (χ1) is 6.75. The molecule has 0 unspecified atom stereocenters. The molecule has 0 aliphatic heterocycles. The largest absolute Gasteiger partial charge is 0.367 e. The summed E-state index contributed by atoms with van der Waals surface area (Å²) in [6.45, 7) is 0.568. The Labute approximate surface area is 89.9 Å². The van der Waals surface area contributed by atoms with Crippen molar-refractivity contribution in [3.63, 3.8) is 0 Å². The Morgan fingerprint density at radius 2 is 2.36 bits per heavy atom. The summed E-state index contributed by atoms with van der Waals surface area (Å²) in [5.74, 6) is -0.326. The number of carbonyl (C=O) groups is 1. The van der Waals surface area contributed by atoms with E-state index in [1.807, 2.05) is 0 Å². The lowest BCUT2D eigenvalue weighted by Gasteiger charge is -2.02. The third-order valence-electron chi connectivity index (χ3n) is 1.66. The van der Waals surface area contributed by atoms with Crippen molar-refractivity contribution in [2.75, 3.05) is 11.9 Å². The van der Waals surface area contributed by atoms with Gasteiger partial charge in [0.25, 0.3) is 5.91 Å². The summed E-state index contributed by atoms with van der Waals surface area (Å²) in [6.07, 6.45) is 3.75. The molecular formula is C9H11BrN2O2. The molecule has 14 heavy (non-hydrogen) atoms. The summed E-state index contributed by atoms with van der Waals surface area (Å²) in [7, 11) is 0. The van der Waals surface area contributed by atoms with Crippen molar-refractivity contribution in [1.82, 2.24) is 10.3 Å². The number of nitrogens with one attached hydrogen (secondary N) is 2. The Kier molecular flexibility index (Phi) is 4.39. The van der Waals surface area contributed by atoms with E-state index < -0.39 is 0 Å². The van der Waals surface area contributed by atoms with Gasteiger partial charge in [-0.3, -0.25) is 9.59 Å². The van der Waals surface area contributed by atoms with Crippen LogP contribution in [-0.2, 0) is 0 Å². The minimum Gasteiger partial charge on any atom is -0.367 e. The average Bonchev–Trinajstić information content (AvgIpc) is 2.18. The highest BCUT2D eigenvalue weighted by Crippen LogP contribution is 1.89. The lowest BCUT2D eigenvalue weighted by atomic mass is 10.2. The number of pyridine rings is 1. The average molecular weight is 259 g/mol. The van der Waals surface area contributed by atoms with Gasteiger partial charge in [-0.15, -0.1) is 0 Å². The van der Waals surface area contributed by atoms with Crippen LogP contribution in [0.1, 0.15) is 16.8 Å². The van der Waals surface area contributed by atoms with Gasteiger partial charge in [-0.25, -0.2) is 0 Å². The van der Waals surface area contributed by atoms with Crippen LogP contribution in [0.2, 0.25) is 0 Å². The number of rotatable bonds is 4. The van der Waals surface area contributed by atoms with E-state index in [2.05, 4.69) is 26.2 Å². The van der Waals surface area contributed by atoms with Gasteiger partial charge < -0.3 is 10.3 Å². The zero-order valence-corrected chi connectivity index (χ0v) is 9.13. The number of hydrogen-bond acceptors (Lipinski definition) is 2. The summed E-state index contributed by atoms with van der Waals surface area (Å²) in [4.78, 5) is 25.3. The van der Waals surface area contributed by atoms with E-state index in [4.69, 9.17) is 0 Å². The first-order valence-electron chi connectivity index (χ1n) is 4.27. The van der Waals surface area contributed by atoms with Gasteiger partial charge >= 0.3 is 0 Å². The number of aromatic nitrogens is 1. The highest BCUT2D eigenvalue weighted by Gasteiger charge is 2.07. The Bertz CT molecular complexity index is 362. The van der Waals surface area contributed by atoms with Crippen LogP contribution in [0.15, 0.2) is 23.3 Å². The molecule has 0 aliphatic carbocycles. The maximum Gasteiger partial charge on any atom is 0.256 e. The smallest absolute Gasteiger partial charge is 0.256 e. The summed E-state index contributed by atoms with van der Waals surface area (Å²) >= 11 is 3.25. The van der Waals surface area contributed by atoms with Gasteiger partial charge in [0.05, 0.1) is 0 Å². The van der Waals surface area contributed by atoms with E-state index in [1.165, 1.54) is 18.5 Å². The van der Waals surface area contributed by atoms with Gasteiger partial charge in [0.1, 0.15) is 5.56 Å². The van der Waals surface area contributed by atoms with Crippen molar-refractivity contribution in [3.8, 4) is 0 Å². The number of halogens is 1. The SMILES string of the molecule is O=C(NCCCBr)c1c[nH]ccc1=O. The molecule has 5 heteroatoms. The number of amides is 1. The van der Waals surface area contributed by atoms with Gasteiger partial charge in [-0.2, -0.15) is 0 Å². The summed E-state index contributed by atoms with van der Waals surface area (Å²) in [5.41, 5.74) is -0.109. The van der Waals surface area contributed by atoms with Gasteiger partial charge in [0.15, 0.2) is 5.43 Å². The molecule has 0 saturated carbocycles. The molecule has 2 N–H and O–H groups in total. The molecule has 0 atom stereocenters. The summed E-state index contributed by atoms with van der Waals surface area (Å²) in [6, 6.07) is 1.33. The maximum atomic E-state index is 11.4. The van der Waals surface area contributed by atoms with Crippen LogP contribution in [0.4, 0.5) is 0 Å². The number of aromatic amines is 1. The lowest BCUT2D eigenvalue weighted by Crippen LogP contribution is -2.29. The second kappa shape index (κ2) is 5.59. The molecule has 0 spiro atoms. The molecule has 0 fully saturated rings. The minimum atomic E-state index is -0.326. The predicted molar refractivity (Wildman–Crippen MR) is 57.8 cm³/mol. The predicted octanol–water partition coefficient (Wildman–Crippen LogP) is 0.890. The molecule has 1 aromatic rings. The van der Waals surface area contributed by atoms with Crippen LogP contribution >= 0.6 is 15.9 Å². The van der Waals surface area contributed by atoms with Crippen molar-refractivity contribution < 1.29 is 4.79 Å². The van der Waals surface area contributed by atoms with Gasteiger partial charge in [-0.1, -0.05) is 15.9 Å². The third kappa shape index (κ3) is 2.99. The van der Waals surface area contributed by atoms with E-state index in [9.17, 15) is 9.59 Å². The monoisotopic (exact) mass is 258 g/mol. The Balaban J connectivity index is 2.61. The molecule has 4 nitrogen and oxygen atoms in total. The van der Waals surface area contributed by atoms with Crippen molar-refractivity contribution in [2.45, 2.75) is 6.42 Å². The topological polar surface area (TPSA) is 62.0 Å². The summed E-state index contributed by atoms with van der Waals surface area (Å²) < 4.78 is 0. The zero-order chi connectivity index (χ0) is 10.4. The first-order valence-corrected chi connectivity index (χ1v) is 5.39. The molecule has 1 amide bonds. The Hall–Kier alpha value is -1.10.